The zero-order valence-corrected chi connectivity index (χ0v) is 9.36. The van der Waals surface area contributed by atoms with Crippen LogP contribution >= 0.6 is 0 Å². The van der Waals surface area contributed by atoms with Gasteiger partial charge in [-0.05, 0) is 41.5 Å². The van der Waals surface area contributed by atoms with E-state index in [-0.39, 0.29) is 5.82 Å². The molecule has 0 unspecified atom stereocenters. The van der Waals surface area contributed by atoms with Gasteiger partial charge in [-0.2, -0.15) is 0 Å². The Morgan fingerprint density at radius 2 is 1.88 bits per heavy atom. The molecule has 2 rings (SSSR count). The van der Waals surface area contributed by atoms with Crippen LogP contribution < -0.4 is 11.1 Å². The number of pyridine rings is 1. The highest BCUT2D eigenvalue weighted by Crippen LogP contribution is 2.12. The molecule has 1 aromatic heterocycles. The number of nitrogens with zero attached hydrogens (tertiary/aromatic N) is 1. The van der Waals surface area contributed by atoms with Gasteiger partial charge in [0.05, 0.1) is 0 Å². The summed E-state index contributed by atoms with van der Waals surface area (Å²) >= 11 is 0. The summed E-state index contributed by atoms with van der Waals surface area (Å²) in [7, 11) is 0. The summed E-state index contributed by atoms with van der Waals surface area (Å²) in [5.41, 5.74) is 8.63. The van der Waals surface area contributed by atoms with Crippen LogP contribution in [-0.2, 0) is 13.1 Å². The Bertz CT molecular complexity index is 482. The summed E-state index contributed by atoms with van der Waals surface area (Å²) in [5, 5.41) is 3.20. The van der Waals surface area contributed by atoms with Crippen LogP contribution in [0.3, 0.4) is 0 Å². The highest BCUT2D eigenvalue weighted by molar-refractivity contribution is 5.43. The van der Waals surface area contributed by atoms with Gasteiger partial charge in [-0.1, -0.05) is 0 Å². The fourth-order valence-corrected chi connectivity index (χ4v) is 1.58. The Hall–Kier alpha value is -1.94. The molecule has 17 heavy (non-hydrogen) atoms. The Morgan fingerprint density at radius 3 is 2.59 bits per heavy atom. The standard InChI is InChI=1S/C13H14FN3/c14-12-1-3-13(4-2-12)17-9-11-8-16-6-5-10(11)7-15/h1-6,8,17H,7,9,15H2. The lowest BCUT2D eigenvalue weighted by Crippen LogP contribution is -2.06. The second kappa shape index (κ2) is 5.41. The van der Waals surface area contributed by atoms with Gasteiger partial charge in [0.2, 0.25) is 0 Å². The molecule has 4 heteroatoms. The van der Waals surface area contributed by atoms with Crippen molar-refractivity contribution < 1.29 is 4.39 Å². The van der Waals surface area contributed by atoms with Gasteiger partial charge in [0.1, 0.15) is 5.82 Å². The average molecular weight is 231 g/mol. The van der Waals surface area contributed by atoms with Crippen molar-refractivity contribution in [3.8, 4) is 0 Å². The minimum atomic E-state index is -0.237. The van der Waals surface area contributed by atoms with Gasteiger partial charge in [0.25, 0.3) is 0 Å². The van der Waals surface area contributed by atoms with Crippen LogP contribution in [0, 0.1) is 5.82 Å². The number of hydrogen-bond donors (Lipinski definition) is 2. The molecule has 0 aliphatic heterocycles. The Labute approximate surface area is 99.5 Å². The molecule has 1 aromatic carbocycles. The van der Waals surface area contributed by atoms with E-state index in [9.17, 15) is 4.39 Å². The molecule has 3 N–H and O–H groups in total. The predicted octanol–water partition coefficient (Wildman–Crippen LogP) is 2.29. The molecule has 1 heterocycles. The maximum Gasteiger partial charge on any atom is 0.123 e. The van der Waals surface area contributed by atoms with E-state index in [1.54, 1.807) is 24.5 Å². The van der Waals surface area contributed by atoms with E-state index in [2.05, 4.69) is 10.3 Å². The molecule has 0 aliphatic rings. The highest BCUT2D eigenvalue weighted by atomic mass is 19.1. The van der Waals surface area contributed by atoms with Gasteiger partial charge >= 0.3 is 0 Å². The van der Waals surface area contributed by atoms with Gasteiger partial charge in [0.15, 0.2) is 0 Å². The summed E-state index contributed by atoms with van der Waals surface area (Å²) in [6, 6.07) is 8.16. The van der Waals surface area contributed by atoms with Crippen LogP contribution in [0.5, 0.6) is 0 Å². The molecule has 0 spiro atoms. The van der Waals surface area contributed by atoms with Gasteiger partial charge in [-0.3, -0.25) is 4.98 Å². The number of benzene rings is 1. The topological polar surface area (TPSA) is 50.9 Å². The van der Waals surface area contributed by atoms with E-state index in [4.69, 9.17) is 5.73 Å². The van der Waals surface area contributed by atoms with Crippen molar-refractivity contribution in [2.24, 2.45) is 5.73 Å². The average Bonchev–Trinajstić information content (AvgIpc) is 2.38. The molecule has 0 amide bonds. The fourth-order valence-electron chi connectivity index (χ4n) is 1.58. The van der Waals surface area contributed by atoms with E-state index in [0.29, 0.717) is 13.1 Å². The molecule has 0 fully saturated rings. The van der Waals surface area contributed by atoms with Crippen LogP contribution in [0.15, 0.2) is 42.7 Å². The second-order valence-electron chi connectivity index (χ2n) is 3.71. The molecular formula is C13H14FN3. The molecule has 0 aliphatic carbocycles. The summed E-state index contributed by atoms with van der Waals surface area (Å²) in [6.45, 7) is 1.12. The summed E-state index contributed by atoms with van der Waals surface area (Å²) < 4.78 is 12.7. The number of halogens is 1. The van der Waals surface area contributed by atoms with Crippen molar-refractivity contribution in [3.05, 3.63) is 59.7 Å². The molecule has 0 bridgehead atoms. The van der Waals surface area contributed by atoms with Crippen molar-refractivity contribution in [1.82, 2.24) is 4.98 Å². The first kappa shape index (κ1) is 11.5. The third kappa shape index (κ3) is 3.01. The fraction of sp³-hybridized carbons (Fsp3) is 0.154. The molecule has 0 saturated carbocycles. The monoisotopic (exact) mass is 231 g/mol. The van der Waals surface area contributed by atoms with Gasteiger partial charge in [0, 0.05) is 31.2 Å². The predicted molar refractivity (Wildman–Crippen MR) is 65.9 cm³/mol. The van der Waals surface area contributed by atoms with E-state index in [1.807, 2.05) is 6.07 Å². The number of aromatic nitrogens is 1. The van der Waals surface area contributed by atoms with Crippen LogP contribution in [-0.4, -0.2) is 4.98 Å². The summed E-state index contributed by atoms with van der Waals surface area (Å²) in [6.07, 6.45) is 3.52. The summed E-state index contributed by atoms with van der Waals surface area (Å²) in [5.74, 6) is -0.237. The first-order valence-electron chi connectivity index (χ1n) is 5.41. The maximum atomic E-state index is 12.7. The van der Waals surface area contributed by atoms with Crippen LogP contribution in [0.4, 0.5) is 10.1 Å². The van der Waals surface area contributed by atoms with E-state index >= 15 is 0 Å². The molecule has 3 nitrogen and oxygen atoms in total. The van der Waals surface area contributed by atoms with Crippen molar-refractivity contribution in [1.29, 1.82) is 0 Å². The minimum absolute atomic E-state index is 0.237. The normalized spacial score (nSPS) is 10.2. The van der Waals surface area contributed by atoms with Gasteiger partial charge in [-0.25, -0.2) is 4.39 Å². The SMILES string of the molecule is NCc1ccncc1CNc1ccc(F)cc1. The molecular weight excluding hydrogens is 217 g/mol. The maximum absolute atomic E-state index is 12.7. The number of nitrogens with one attached hydrogen (secondary N) is 1. The third-order valence-electron chi connectivity index (χ3n) is 2.55. The highest BCUT2D eigenvalue weighted by Gasteiger charge is 2.00. The zero-order valence-electron chi connectivity index (χ0n) is 9.36. The number of nitrogens with two attached hydrogens (primary N) is 1. The van der Waals surface area contributed by atoms with Crippen molar-refractivity contribution >= 4 is 5.69 Å². The largest absolute Gasteiger partial charge is 0.381 e. The Kier molecular flexibility index (Phi) is 3.67. The van der Waals surface area contributed by atoms with Gasteiger partial charge in [-0.15, -0.1) is 0 Å². The summed E-state index contributed by atoms with van der Waals surface area (Å²) in [4.78, 5) is 4.06. The lowest BCUT2D eigenvalue weighted by Gasteiger charge is -2.09. The number of rotatable bonds is 4. The molecule has 0 saturated heterocycles. The van der Waals surface area contributed by atoms with Gasteiger partial charge < -0.3 is 11.1 Å². The first-order valence-corrected chi connectivity index (χ1v) is 5.41. The molecule has 0 atom stereocenters. The van der Waals surface area contributed by atoms with Crippen molar-refractivity contribution in [2.75, 3.05) is 5.32 Å². The Balaban J connectivity index is 2.04. The van der Waals surface area contributed by atoms with Crippen molar-refractivity contribution in [2.45, 2.75) is 13.1 Å². The van der Waals surface area contributed by atoms with E-state index < -0.39 is 0 Å². The van der Waals surface area contributed by atoms with Crippen LogP contribution in [0.1, 0.15) is 11.1 Å². The number of hydrogen-bond acceptors (Lipinski definition) is 3. The van der Waals surface area contributed by atoms with Crippen molar-refractivity contribution in [3.63, 3.8) is 0 Å². The zero-order chi connectivity index (χ0) is 12.1. The molecule has 2 aromatic rings. The minimum Gasteiger partial charge on any atom is -0.381 e. The number of anilines is 1. The second-order valence-corrected chi connectivity index (χ2v) is 3.71. The van der Waals surface area contributed by atoms with E-state index in [0.717, 1.165) is 16.8 Å². The molecule has 88 valence electrons. The lowest BCUT2D eigenvalue weighted by atomic mass is 10.1. The van der Waals surface area contributed by atoms with Crippen LogP contribution in [0.2, 0.25) is 0 Å². The lowest BCUT2D eigenvalue weighted by molar-refractivity contribution is 0.628. The smallest absolute Gasteiger partial charge is 0.123 e. The van der Waals surface area contributed by atoms with E-state index in [1.165, 1.54) is 12.1 Å². The van der Waals surface area contributed by atoms with Crippen LogP contribution in [0.25, 0.3) is 0 Å². The third-order valence-corrected chi connectivity index (χ3v) is 2.55. The Morgan fingerprint density at radius 1 is 1.12 bits per heavy atom. The first-order chi connectivity index (χ1) is 8.29. The molecule has 0 radical (unpaired) electrons. The quantitative estimate of drug-likeness (QED) is 0.848.